The van der Waals surface area contributed by atoms with Gasteiger partial charge in [0.1, 0.15) is 11.6 Å². The summed E-state index contributed by atoms with van der Waals surface area (Å²) >= 11 is 3.68. The van der Waals surface area contributed by atoms with E-state index in [9.17, 15) is 19.5 Å². The van der Waals surface area contributed by atoms with Crippen molar-refractivity contribution >= 4 is 39.4 Å². The fraction of sp³-hybridized carbons (Fsp3) is 0.452. The van der Waals surface area contributed by atoms with Crippen molar-refractivity contribution in [3.63, 3.8) is 0 Å². The minimum Gasteiger partial charge on any atom is -0.466 e. The van der Waals surface area contributed by atoms with Gasteiger partial charge < -0.3 is 24.4 Å². The molecule has 3 heterocycles. The first-order valence-electron chi connectivity index (χ1n) is 13.7. The van der Waals surface area contributed by atoms with Gasteiger partial charge in [-0.15, -0.1) is 6.58 Å². The fourth-order valence-electron chi connectivity index (χ4n) is 7.02. The number of aliphatic hydroxyl groups excluding tert-OH is 1. The number of benzene rings is 2. The molecule has 5 rings (SSSR count). The zero-order valence-corrected chi connectivity index (χ0v) is 24.5. The molecule has 1 spiro atoms. The molecule has 3 saturated heterocycles. The second kappa shape index (κ2) is 11.1. The molecule has 0 aliphatic carbocycles. The van der Waals surface area contributed by atoms with Crippen molar-refractivity contribution in [1.82, 2.24) is 4.90 Å². The second-order valence-electron chi connectivity index (χ2n) is 10.7. The number of nitrogens with zero attached hydrogens (tertiary/aromatic N) is 2. The highest BCUT2D eigenvalue weighted by molar-refractivity contribution is 9.09. The van der Waals surface area contributed by atoms with Gasteiger partial charge in [-0.1, -0.05) is 70.5 Å². The van der Waals surface area contributed by atoms with E-state index in [0.29, 0.717) is 12.0 Å². The normalized spacial score (nSPS) is 29.3. The first-order valence-corrected chi connectivity index (χ1v) is 14.6. The van der Waals surface area contributed by atoms with Crippen LogP contribution in [0.5, 0.6) is 0 Å². The Bertz CT molecular complexity index is 1300. The first-order chi connectivity index (χ1) is 19.2. The summed E-state index contributed by atoms with van der Waals surface area (Å²) in [6, 6.07) is 13.1. The topological polar surface area (TPSA) is 96.4 Å². The SMILES string of the molecule is C=CCN(C(=O)C1N([C@H](CO)c2ccccc2)C(=O)[C@@H]2[C@H](C(=O)OCC)[C@H]3OC12CC3Br)c1c(C)cccc1C. The molecule has 3 aliphatic heterocycles. The van der Waals surface area contributed by atoms with Crippen molar-refractivity contribution in [2.45, 2.75) is 55.8 Å². The van der Waals surface area contributed by atoms with Crippen molar-refractivity contribution in [2.24, 2.45) is 11.8 Å². The molecule has 3 fully saturated rings. The zero-order chi connectivity index (χ0) is 28.8. The Morgan fingerprint density at radius 1 is 1.23 bits per heavy atom. The van der Waals surface area contributed by atoms with Crippen LogP contribution < -0.4 is 4.90 Å². The van der Waals surface area contributed by atoms with Gasteiger partial charge in [-0.2, -0.15) is 0 Å². The van der Waals surface area contributed by atoms with Crippen molar-refractivity contribution < 1.29 is 29.0 Å². The number of anilines is 1. The maximum atomic E-state index is 14.9. The maximum Gasteiger partial charge on any atom is 0.312 e. The number of carbonyl (C=O) groups excluding carboxylic acids is 3. The predicted octanol–water partition coefficient (Wildman–Crippen LogP) is 3.87. The number of alkyl halides is 1. The minimum absolute atomic E-state index is 0.165. The van der Waals surface area contributed by atoms with Crippen LogP contribution in [0.15, 0.2) is 61.2 Å². The quantitative estimate of drug-likeness (QED) is 0.263. The largest absolute Gasteiger partial charge is 0.466 e. The Hall–Kier alpha value is -3.01. The Morgan fingerprint density at radius 3 is 2.50 bits per heavy atom. The molecule has 0 saturated carbocycles. The summed E-state index contributed by atoms with van der Waals surface area (Å²) in [6.07, 6.45) is 1.41. The lowest BCUT2D eigenvalue weighted by molar-refractivity contribution is -0.155. The number of aliphatic hydroxyl groups is 1. The highest BCUT2D eigenvalue weighted by Crippen LogP contribution is 2.61. The number of hydrogen-bond acceptors (Lipinski definition) is 6. The molecule has 2 aromatic rings. The summed E-state index contributed by atoms with van der Waals surface area (Å²) in [7, 11) is 0. The summed E-state index contributed by atoms with van der Waals surface area (Å²) in [5.41, 5.74) is 1.96. The molecule has 0 aromatic heterocycles. The molecule has 3 aliphatic rings. The van der Waals surface area contributed by atoms with Gasteiger partial charge in [0.25, 0.3) is 5.91 Å². The van der Waals surface area contributed by atoms with E-state index in [1.165, 1.54) is 4.90 Å². The number of hydrogen-bond donors (Lipinski definition) is 1. The summed E-state index contributed by atoms with van der Waals surface area (Å²) in [5, 5.41) is 10.7. The van der Waals surface area contributed by atoms with E-state index >= 15 is 0 Å². The Kier molecular flexibility index (Phi) is 7.92. The van der Waals surface area contributed by atoms with Crippen LogP contribution in [0.25, 0.3) is 0 Å². The summed E-state index contributed by atoms with van der Waals surface area (Å²) in [5.74, 6) is -3.02. The zero-order valence-electron chi connectivity index (χ0n) is 23.0. The van der Waals surface area contributed by atoms with E-state index in [4.69, 9.17) is 9.47 Å². The van der Waals surface area contributed by atoms with Crippen LogP contribution in [-0.4, -0.2) is 70.1 Å². The Morgan fingerprint density at radius 2 is 1.90 bits per heavy atom. The van der Waals surface area contributed by atoms with E-state index in [1.54, 1.807) is 17.9 Å². The molecule has 2 aromatic carbocycles. The monoisotopic (exact) mass is 610 g/mol. The fourth-order valence-corrected chi connectivity index (χ4v) is 7.96. The number of carbonyl (C=O) groups is 3. The first kappa shape index (κ1) is 28.5. The molecule has 212 valence electrons. The molecule has 1 N–H and O–H groups in total. The highest BCUT2D eigenvalue weighted by atomic mass is 79.9. The summed E-state index contributed by atoms with van der Waals surface area (Å²) in [4.78, 5) is 45.5. The second-order valence-corrected chi connectivity index (χ2v) is 11.9. The number of fused-ring (bicyclic) bond motifs is 1. The molecule has 8 nitrogen and oxygen atoms in total. The number of esters is 1. The van der Waals surface area contributed by atoms with E-state index in [0.717, 1.165) is 16.8 Å². The van der Waals surface area contributed by atoms with Gasteiger partial charge in [0.15, 0.2) is 0 Å². The predicted molar refractivity (Wildman–Crippen MR) is 154 cm³/mol. The van der Waals surface area contributed by atoms with Gasteiger partial charge in [0.2, 0.25) is 5.91 Å². The van der Waals surface area contributed by atoms with Gasteiger partial charge in [-0.25, -0.2) is 0 Å². The van der Waals surface area contributed by atoms with Gasteiger partial charge >= 0.3 is 5.97 Å². The van der Waals surface area contributed by atoms with Crippen LogP contribution in [-0.2, 0) is 23.9 Å². The molecule has 2 bridgehead atoms. The third-order valence-electron chi connectivity index (χ3n) is 8.50. The van der Waals surface area contributed by atoms with Crippen molar-refractivity contribution in [2.75, 3.05) is 24.7 Å². The van der Waals surface area contributed by atoms with Gasteiger partial charge in [0, 0.05) is 17.1 Å². The lowest BCUT2D eigenvalue weighted by Crippen LogP contribution is -2.57. The lowest BCUT2D eigenvalue weighted by atomic mass is 9.70. The molecule has 0 radical (unpaired) electrons. The Balaban J connectivity index is 1.69. The summed E-state index contributed by atoms with van der Waals surface area (Å²) in [6.45, 7) is 9.46. The maximum absolute atomic E-state index is 14.9. The van der Waals surface area contributed by atoms with Crippen LogP contribution in [0.2, 0.25) is 0 Å². The standard InChI is InChI=1S/C31H35BrN2O6/c1-5-15-33(25-18(3)11-10-12-19(25)4)29(37)27-31-16-21(32)26(40-31)23(30(38)39-6-2)24(31)28(36)34(27)22(17-35)20-13-8-7-9-14-20/h5,7-14,21-24,26-27,35H,1,6,15-17H2,2-4H3/t21?,22-,23+,24+,26+,27?,31?/m1/s1. The van der Waals surface area contributed by atoms with Crippen molar-refractivity contribution in [3.05, 3.63) is 77.9 Å². The smallest absolute Gasteiger partial charge is 0.312 e. The van der Waals surface area contributed by atoms with Crippen molar-refractivity contribution in [3.8, 4) is 0 Å². The van der Waals surface area contributed by atoms with Crippen LogP contribution in [0, 0.1) is 25.7 Å². The Labute approximate surface area is 243 Å². The van der Waals surface area contributed by atoms with E-state index in [-0.39, 0.29) is 29.8 Å². The third kappa shape index (κ3) is 4.30. The van der Waals surface area contributed by atoms with Gasteiger partial charge in [-0.05, 0) is 43.9 Å². The van der Waals surface area contributed by atoms with E-state index in [1.807, 2.05) is 62.4 Å². The molecule has 9 heteroatoms. The molecule has 2 amide bonds. The van der Waals surface area contributed by atoms with E-state index < -0.39 is 48.2 Å². The number of amides is 2. The number of rotatable bonds is 9. The molecule has 3 unspecified atom stereocenters. The van der Waals surface area contributed by atoms with Crippen LogP contribution in [0.3, 0.4) is 0 Å². The minimum atomic E-state index is -1.28. The summed E-state index contributed by atoms with van der Waals surface area (Å²) < 4.78 is 12.0. The number of para-hydroxylation sites is 1. The van der Waals surface area contributed by atoms with Crippen LogP contribution >= 0.6 is 15.9 Å². The van der Waals surface area contributed by atoms with Crippen LogP contribution in [0.4, 0.5) is 5.69 Å². The van der Waals surface area contributed by atoms with Gasteiger partial charge in [-0.3, -0.25) is 14.4 Å². The molecule has 7 atom stereocenters. The van der Waals surface area contributed by atoms with Crippen LogP contribution in [0.1, 0.15) is 36.1 Å². The average Bonchev–Trinajstić information content (AvgIpc) is 3.52. The third-order valence-corrected chi connectivity index (χ3v) is 9.34. The number of likely N-dealkylation sites (tertiary alicyclic amines) is 1. The number of aryl methyl sites for hydroxylation is 2. The molecular formula is C31H35BrN2O6. The van der Waals surface area contributed by atoms with Crippen molar-refractivity contribution in [1.29, 1.82) is 0 Å². The average molecular weight is 612 g/mol. The molecular weight excluding hydrogens is 576 g/mol. The number of ether oxygens (including phenoxy) is 2. The highest BCUT2D eigenvalue weighted by Gasteiger charge is 2.77. The van der Waals surface area contributed by atoms with Gasteiger partial charge in [0.05, 0.1) is 37.2 Å². The number of halogens is 1. The van der Waals surface area contributed by atoms with E-state index in [2.05, 4.69) is 22.5 Å². The lowest BCUT2D eigenvalue weighted by Gasteiger charge is -2.40. The molecule has 40 heavy (non-hydrogen) atoms.